The molecule has 0 fully saturated rings. The molecule has 0 radical (unpaired) electrons. The molecule has 1 heterocycles. The molecule has 0 saturated carbocycles. The fourth-order valence-electron chi connectivity index (χ4n) is 3.61. The Morgan fingerprint density at radius 3 is 1.67 bits per heavy atom. The lowest BCUT2D eigenvalue weighted by atomic mass is 10.5. The maximum absolute atomic E-state index is 13.9. The minimum absolute atomic E-state index is 0.260. The molecule has 0 saturated heterocycles. The van der Waals surface area contributed by atoms with Crippen LogP contribution in [0.2, 0.25) is 16.6 Å². The Morgan fingerprint density at radius 2 is 1.44 bits per heavy atom. The summed E-state index contributed by atoms with van der Waals surface area (Å²) in [4.78, 5) is 4.51. The van der Waals surface area contributed by atoms with E-state index in [2.05, 4.69) is 62.5 Å². The number of nitrogens with zero attached hydrogens (tertiary/aromatic N) is 2. The normalized spacial score (nSPS) is 13.1. The Morgan fingerprint density at radius 1 is 1.06 bits per heavy atom. The molecule has 0 aliphatic carbocycles. The summed E-state index contributed by atoms with van der Waals surface area (Å²) in [6.45, 7) is 13.5. The molecule has 0 atom stereocenters. The van der Waals surface area contributed by atoms with Gasteiger partial charge in [0.2, 0.25) is 5.95 Å². The maximum atomic E-state index is 13.9. The van der Waals surface area contributed by atoms with Crippen LogP contribution in [0, 0.1) is 5.95 Å². The van der Waals surface area contributed by atoms with E-state index in [0.29, 0.717) is 21.2 Å². The van der Waals surface area contributed by atoms with Crippen LogP contribution in [0.5, 0.6) is 0 Å². The zero-order valence-electron chi connectivity index (χ0n) is 12.4. The molecule has 2 nitrogen and oxygen atoms in total. The molecule has 1 aromatic rings. The number of aromatic nitrogens is 2. The molecule has 104 valence electrons. The molecule has 18 heavy (non-hydrogen) atoms. The molecule has 0 N–H and O–H groups in total. The van der Waals surface area contributed by atoms with Crippen molar-refractivity contribution in [2.24, 2.45) is 7.05 Å². The number of imidazole rings is 1. The molecular weight excluding hydrogens is 311 g/mol. The summed E-state index contributed by atoms with van der Waals surface area (Å²) in [6, 6.07) is 0. The summed E-state index contributed by atoms with van der Waals surface area (Å²) in [6.07, 6.45) is 0. The van der Waals surface area contributed by atoms with E-state index in [1.165, 1.54) is 0 Å². The van der Waals surface area contributed by atoms with Crippen molar-refractivity contribution in [2.75, 3.05) is 0 Å². The average molecular weight is 335 g/mol. The first-order chi connectivity index (χ1) is 8.17. The predicted octanol–water partition coefficient (Wildman–Crippen LogP) is 4.21. The molecule has 0 aromatic carbocycles. The van der Waals surface area contributed by atoms with Gasteiger partial charge in [0, 0.05) is 7.05 Å². The minimum atomic E-state index is -1.88. The van der Waals surface area contributed by atoms with Crippen LogP contribution in [0.15, 0.2) is 4.60 Å². The monoisotopic (exact) mass is 334 g/mol. The summed E-state index contributed by atoms with van der Waals surface area (Å²) in [5.41, 5.74) is 2.58. The van der Waals surface area contributed by atoms with Crippen molar-refractivity contribution in [3.8, 4) is 0 Å². The molecule has 0 bridgehead atoms. The van der Waals surface area contributed by atoms with Gasteiger partial charge in [-0.3, -0.25) is 0 Å². The number of halogens is 2. The van der Waals surface area contributed by atoms with Crippen molar-refractivity contribution >= 4 is 29.5 Å². The molecule has 0 unspecified atom stereocenters. The third kappa shape index (κ3) is 2.20. The molecule has 5 heteroatoms. The summed E-state index contributed by atoms with van der Waals surface area (Å²) >= 11 is 3.22. The quantitative estimate of drug-likeness (QED) is 0.754. The third-order valence-electron chi connectivity index (χ3n) is 4.24. The van der Waals surface area contributed by atoms with Gasteiger partial charge in [-0.05, 0) is 32.6 Å². The largest absolute Gasteiger partial charge is 0.311 e. The van der Waals surface area contributed by atoms with Gasteiger partial charge in [0.25, 0.3) is 0 Å². The van der Waals surface area contributed by atoms with Crippen LogP contribution >= 0.6 is 15.9 Å². The van der Waals surface area contributed by atoms with Crippen LogP contribution in [-0.4, -0.2) is 17.6 Å². The van der Waals surface area contributed by atoms with Crippen LogP contribution in [0.25, 0.3) is 0 Å². The second-order valence-electron chi connectivity index (χ2n) is 5.97. The van der Waals surface area contributed by atoms with Gasteiger partial charge in [-0.15, -0.1) is 0 Å². The maximum Gasteiger partial charge on any atom is 0.227 e. The Hall–Kier alpha value is -0.163. The Balaban J connectivity index is 3.57. The van der Waals surface area contributed by atoms with Crippen molar-refractivity contribution in [2.45, 2.75) is 58.2 Å². The van der Waals surface area contributed by atoms with Gasteiger partial charge in [0.15, 0.2) is 4.60 Å². The SMILES string of the molecule is CC(C)[Si](c1nc(Br)c(F)n1C)(C(C)C)C(C)C. The Labute approximate surface area is 119 Å². The first-order valence-corrected chi connectivity index (χ1v) is 9.57. The summed E-state index contributed by atoms with van der Waals surface area (Å²) in [7, 11) is -0.0879. The van der Waals surface area contributed by atoms with E-state index in [1.807, 2.05) is 0 Å². The van der Waals surface area contributed by atoms with Crippen LogP contribution in [0.4, 0.5) is 4.39 Å². The summed E-state index contributed by atoms with van der Waals surface area (Å²) in [5.74, 6) is -0.260. The van der Waals surface area contributed by atoms with E-state index < -0.39 is 8.07 Å². The van der Waals surface area contributed by atoms with E-state index in [9.17, 15) is 4.39 Å². The highest BCUT2D eigenvalue weighted by atomic mass is 79.9. The van der Waals surface area contributed by atoms with Gasteiger partial charge < -0.3 is 4.57 Å². The Kier molecular flexibility index (Phi) is 4.81. The van der Waals surface area contributed by atoms with Crippen molar-refractivity contribution in [1.82, 2.24) is 9.55 Å². The van der Waals surface area contributed by atoms with E-state index in [1.54, 1.807) is 11.6 Å². The molecule has 0 aliphatic rings. The van der Waals surface area contributed by atoms with Gasteiger partial charge in [0.05, 0.1) is 5.45 Å². The standard InChI is InChI=1S/C13H24BrFN2Si/c1-8(2)18(9(3)4,10(5)6)13-16-11(14)12(15)17(13)7/h8-10H,1-7H3. The van der Waals surface area contributed by atoms with E-state index in [-0.39, 0.29) is 5.95 Å². The Bertz CT molecular complexity index is 405. The van der Waals surface area contributed by atoms with Crippen LogP contribution < -0.4 is 5.45 Å². The van der Waals surface area contributed by atoms with Crippen molar-refractivity contribution < 1.29 is 4.39 Å². The number of hydrogen-bond acceptors (Lipinski definition) is 1. The van der Waals surface area contributed by atoms with Crippen LogP contribution in [0.3, 0.4) is 0 Å². The first kappa shape index (κ1) is 15.9. The van der Waals surface area contributed by atoms with Crippen LogP contribution in [0.1, 0.15) is 41.5 Å². The lowest BCUT2D eigenvalue weighted by Gasteiger charge is -2.41. The van der Waals surface area contributed by atoms with Gasteiger partial charge in [-0.1, -0.05) is 41.5 Å². The molecule has 0 aliphatic heterocycles. The van der Waals surface area contributed by atoms with Crippen molar-refractivity contribution in [3.63, 3.8) is 0 Å². The minimum Gasteiger partial charge on any atom is -0.311 e. The molecule has 1 rings (SSSR count). The first-order valence-electron chi connectivity index (χ1n) is 6.55. The van der Waals surface area contributed by atoms with E-state index in [0.717, 1.165) is 5.45 Å². The fraction of sp³-hybridized carbons (Fsp3) is 0.769. The predicted molar refractivity (Wildman–Crippen MR) is 81.5 cm³/mol. The number of rotatable bonds is 4. The molecule has 0 spiro atoms. The van der Waals surface area contributed by atoms with E-state index in [4.69, 9.17) is 0 Å². The highest BCUT2D eigenvalue weighted by Crippen LogP contribution is 2.41. The molecule has 0 amide bonds. The number of hydrogen-bond donors (Lipinski definition) is 0. The van der Waals surface area contributed by atoms with Gasteiger partial charge in [0.1, 0.15) is 8.07 Å². The molecule has 1 aromatic heterocycles. The topological polar surface area (TPSA) is 17.8 Å². The highest BCUT2D eigenvalue weighted by molar-refractivity contribution is 9.10. The van der Waals surface area contributed by atoms with Gasteiger partial charge in [-0.2, -0.15) is 4.39 Å². The molecular formula is C13H24BrFN2Si. The lowest BCUT2D eigenvalue weighted by molar-refractivity contribution is 0.533. The zero-order valence-corrected chi connectivity index (χ0v) is 15.0. The van der Waals surface area contributed by atoms with Gasteiger partial charge >= 0.3 is 0 Å². The lowest BCUT2D eigenvalue weighted by Crippen LogP contribution is -2.59. The smallest absolute Gasteiger partial charge is 0.227 e. The summed E-state index contributed by atoms with van der Waals surface area (Å²) in [5, 5.41) is 0. The fourth-order valence-corrected chi connectivity index (χ4v) is 10.7. The third-order valence-corrected chi connectivity index (χ3v) is 11.7. The van der Waals surface area contributed by atoms with E-state index >= 15 is 0 Å². The van der Waals surface area contributed by atoms with Crippen molar-refractivity contribution in [3.05, 3.63) is 10.6 Å². The summed E-state index contributed by atoms with van der Waals surface area (Å²) < 4.78 is 15.9. The second kappa shape index (κ2) is 5.45. The second-order valence-corrected chi connectivity index (χ2v) is 12.5. The van der Waals surface area contributed by atoms with Crippen LogP contribution in [-0.2, 0) is 7.05 Å². The van der Waals surface area contributed by atoms with Gasteiger partial charge in [-0.25, -0.2) is 4.98 Å². The zero-order chi connectivity index (χ0) is 14.2. The average Bonchev–Trinajstić information content (AvgIpc) is 2.46. The van der Waals surface area contributed by atoms with Crippen molar-refractivity contribution in [1.29, 1.82) is 0 Å². The highest BCUT2D eigenvalue weighted by Gasteiger charge is 2.48.